The fraction of sp³-hybridized carbons (Fsp3) is 0.357. The van der Waals surface area contributed by atoms with E-state index >= 15 is 0 Å². The van der Waals surface area contributed by atoms with Gasteiger partial charge in [0.15, 0.2) is 0 Å². The number of H-pyrrole nitrogens is 1. The van der Waals surface area contributed by atoms with Gasteiger partial charge in [0.25, 0.3) is 11.8 Å². The molecule has 0 bridgehead atoms. The number of nitriles is 1. The van der Waals surface area contributed by atoms with Crippen molar-refractivity contribution in [1.29, 1.82) is 5.26 Å². The van der Waals surface area contributed by atoms with Crippen LogP contribution < -0.4 is 10.1 Å². The van der Waals surface area contributed by atoms with Crippen LogP contribution >= 0.6 is 0 Å². The highest BCUT2D eigenvalue weighted by molar-refractivity contribution is 6.03. The number of nitrogens with zero attached hydrogens (tertiary/aromatic N) is 3. The minimum atomic E-state index is -1.45. The molecule has 3 atom stereocenters. The van der Waals surface area contributed by atoms with Gasteiger partial charge in [0, 0.05) is 24.9 Å². The summed E-state index contributed by atoms with van der Waals surface area (Å²) in [6.07, 6.45) is 0.232. The van der Waals surface area contributed by atoms with E-state index in [4.69, 9.17) is 4.74 Å². The third-order valence-electron chi connectivity index (χ3n) is 7.26. The Hall–Kier alpha value is -4.46. The average molecular weight is 536 g/mol. The van der Waals surface area contributed by atoms with Crippen molar-refractivity contribution in [3.8, 4) is 11.8 Å². The van der Waals surface area contributed by atoms with Gasteiger partial charge in [-0.05, 0) is 36.6 Å². The highest BCUT2D eigenvalue weighted by Crippen LogP contribution is 2.40. The van der Waals surface area contributed by atoms with Crippen molar-refractivity contribution in [2.75, 3.05) is 18.9 Å². The lowest BCUT2D eigenvalue weighted by atomic mass is 9.97. The summed E-state index contributed by atoms with van der Waals surface area (Å²) in [5.74, 6) is -2.74. The molecule has 1 aromatic heterocycles. The van der Waals surface area contributed by atoms with Crippen molar-refractivity contribution in [1.82, 2.24) is 14.8 Å². The van der Waals surface area contributed by atoms with Crippen LogP contribution in [0, 0.1) is 28.9 Å². The number of aromatic nitrogens is 1. The van der Waals surface area contributed by atoms with Gasteiger partial charge < -0.3 is 24.8 Å². The molecule has 2 aliphatic heterocycles. The molecule has 1 spiro atoms. The summed E-state index contributed by atoms with van der Waals surface area (Å²) in [5.41, 5.74) is -0.847. The Morgan fingerprint density at radius 3 is 2.72 bits per heavy atom. The number of rotatable bonds is 5. The SMILES string of the molecule is CC(C)C[C@@H](C(=O)N1CC2(C[C@H]1C#N)Oc1ccccc1NC2=O)N(C)C(=O)c1cc2c(F)cc(F)cc2[nH]1. The van der Waals surface area contributed by atoms with Gasteiger partial charge in [-0.25, -0.2) is 8.78 Å². The Morgan fingerprint density at radius 1 is 1.26 bits per heavy atom. The van der Waals surface area contributed by atoms with E-state index in [0.29, 0.717) is 11.4 Å². The van der Waals surface area contributed by atoms with E-state index in [1.165, 1.54) is 22.9 Å². The van der Waals surface area contributed by atoms with Crippen LogP contribution in [0.25, 0.3) is 10.9 Å². The molecule has 1 fully saturated rings. The van der Waals surface area contributed by atoms with E-state index in [9.17, 15) is 28.4 Å². The lowest BCUT2D eigenvalue weighted by Gasteiger charge is -2.35. The number of halogens is 2. The topological polar surface area (TPSA) is 119 Å². The van der Waals surface area contributed by atoms with Crippen molar-refractivity contribution in [3.63, 3.8) is 0 Å². The third-order valence-corrected chi connectivity index (χ3v) is 7.26. The largest absolute Gasteiger partial charge is 0.473 e. The molecule has 3 amide bonds. The van der Waals surface area contributed by atoms with Crippen molar-refractivity contribution in [2.45, 2.75) is 44.4 Å². The molecule has 39 heavy (non-hydrogen) atoms. The smallest absolute Gasteiger partial charge is 0.270 e. The number of aromatic amines is 1. The Morgan fingerprint density at radius 2 is 2.00 bits per heavy atom. The molecule has 3 aromatic rings. The summed E-state index contributed by atoms with van der Waals surface area (Å²) >= 11 is 0. The first-order valence-electron chi connectivity index (χ1n) is 12.6. The average Bonchev–Trinajstić information content (AvgIpc) is 3.49. The molecule has 202 valence electrons. The normalized spacial score (nSPS) is 20.9. The summed E-state index contributed by atoms with van der Waals surface area (Å²) in [6, 6.07) is 10.2. The Bertz CT molecular complexity index is 1530. The maximum atomic E-state index is 14.2. The first-order chi connectivity index (χ1) is 18.5. The number of carbonyl (C=O) groups is 3. The van der Waals surface area contributed by atoms with Crippen LogP contribution in [0.5, 0.6) is 5.75 Å². The minimum Gasteiger partial charge on any atom is -0.473 e. The van der Waals surface area contributed by atoms with Crippen molar-refractivity contribution in [2.24, 2.45) is 5.92 Å². The van der Waals surface area contributed by atoms with Gasteiger partial charge in [-0.2, -0.15) is 5.26 Å². The van der Waals surface area contributed by atoms with Crippen molar-refractivity contribution < 1.29 is 27.9 Å². The second-order valence-corrected chi connectivity index (χ2v) is 10.5. The number of hydrogen-bond donors (Lipinski definition) is 2. The van der Waals surface area contributed by atoms with E-state index in [1.54, 1.807) is 24.3 Å². The number of fused-ring (bicyclic) bond motifs is 2. The van der Waals surface area contributed by atoms with Gasteiger partial charge in [-0.3, -0.25) is 14.4 Å². The second kappa shape index (κ2) is 9.69. The van der Waals surface area contributed by atoms with Crippen LogP contribution in [-0.4, -0.2) is 63.8 Å². The standard InChI is InChI=1S/C28H27F2N5O4/c1-15(2)8-23(34(3)25(36)22-11-18-19(30)9-16(29)10-21(18)32-22)26(37)35-14-28(12-17(35)13-31)27(38)33-20-6-4-5-7-24(20)39-28/h4-7,9-11,15,17,23,32H,8,12,14H2,1-3H3,(H,33,38)/t17-,23-,28?/m0/s1. The molecule has 2 aliphatic rings. The highest BCUT2D eigenvalue weighted by Gasteiger charge is 2.56. The van der Waals surface area contributed by atoms with Gasteiger partial charge in [0.1, 0.15) is 35.2 Å². The molecule has 9 nitrogen and oxygen atoms in total. The number of likely N-dealkylation sites (N-methyl/N-ethyl adjacent to an activating group) is 1. The molecular formula is C28H27F2N5O4. The molecule has 3 heterocycles. The lowest BCUT2D eigenvalue weighted by molar-refractivity contribution is -0.138. The predicted octanol–water partition coefficient (Wildman–Crippen LogP) is 3.83. The molecule has 0 saturated carbocycles. The maximum Gasteiger partial charge on any atom is 0.270 e. The Labute approximate surface area is 223 Å². The number of likely N-dealkylation sites (tertiary alicyclic amines) is 1. The van der Waals surface area contributed by atoms with Crippen molar-refractivity contribution >= 4 is 34.3 Å². The summed E-state index contributed by atoms with van der Waals surface area (Å²) in [6.45, 7) is 3.61. The summed E-state index contributed by atoms with van der Waals surface area (Å²) in [5, 5.41) is 12.8. The molecule has 0 radical (unpaired) electrons. The molecule has 0 aliphatic carbocycles. The van der Waals surface area contributed by atoms with E-state index < -0.39 is 47.0 Å². The number of hydrogen-bond acceptors (Lipinski definition) is 5. The molecular weight excluding hydrogens is 508 g/mol. The number of benzene rings is 2. The summed E-state index contributed by atoms with van der Waals surface area (Å²) in [7, 11) is 1.45. The predicted molar refractivity (Wildman–Crippen MR) is 138 cm³/mol. The van der Waals surface area contributed by atoms with E-state index in [2.05, 4.69) is 16.4 Å². The van der Waals surface area contributed by atoms with Crippen LogP contribution in [0.1, 0.15) is 37.2 Å². The number of para-hydroxylation sites is 2. The third kappa shape index (κ3) is 4.56. The minimum absolute atomic E-state index is 0.0124. The van der Waals surface area contributed by atoms with E-state index in [-0.39, 0.29) is 41.9 Å². The zero-order valence-corrected chi connectivity index (χ0v) is 21.6. The fourth-order valence-corrected chi connectivity index (χ4v) is 5.28. The van der Waals surface area contributed by atoms with E-state index in [1.807, 2.05) is 13.8 Å². The molecule has 2 N–H and O–H groups in total. The number of anilines is 1. The zero-order valence-electron chi connectivity index (χ0n) is 21.6. The lowest BCUT2D eigenvalue weighted by Crippen LogP contribution is -2.55. The van der Waals surface area contributed by atoms with Crippen LogP contribution in [0.4, 0.5) is 14.5 Å². The fourth-order valence-electron chi connectivity index (χ4n) is 5.28. The zero-order chi connectivity index (χ0) is 28.1. The molecule has 1 saturated heterocycles. The number of carbonyl (C=O) groups excluding carboxylic acids is 3. The quantitative estimate of drug-likeness (QED) is 0.515. The second-order valence-electron chi connectivity index (χ2n) is 10.5. The van der Waals surface area contributed by atoms with Crippen LogP contribution in [-0.2, 0) is 9.59 Å². The van der Waals surface area contributed by atoms with Gasteiger partial charge >= 0.3 is 0 Å². The van der Waals surface area contributed by atoms with Crippen LogP contribution in [0.3, 0.4) is 0 Å². The molecule has 5 rings (SSSR count). The van der Waals surface area contributed by atoms with Crippen LogP contribution in [0.2, 0.25) is 0 Å². The highest BCUT2D eigenvalue weighted by atomic mass is 19.1. The Balaban J connectivity index is 1.44. The van der Waals surface area contributed by atoms with E-state index in [0.717, 1.165) is 12.1 Å². The number of nitrogens with one attached hydrogen (secondary N) is 2. The Kier molecular flexibility index (Phi) is 6.50. The molecule has 2 aromatic carbocycles. The van der Waals surface area contributed by atoms with Crippen molar-refractivity contribution in [3.05, 3.63) is 59.8 Å². The van der Waals surface area contributed by atoms with Gasteiger partial charge in [-0.1, -0.05) is 26.0 Å². The summed E-state index contributed by atoms with van der Waals surface area (Å²) in [4.78, 5) is 45.8. The van der Waals surface area contributed by atoms with Gasteiger partial charge in [-0.15, -0.1) is 0 Å². The number of ether oxygens (including phenoxy) is 1. The van der Waals surface area contributed by atoms with Gasteiger partial charge in [0.05, 0.1) is 23.8 Å². The summed E-state index contributed by atoms with van der Waals surface area (Å²) < 4.78 is 34.0. The first-order valence-corrected chi connectivity index (χ1v) is 12.6. The van der Waals surface area contributed by atoms with Gasteiger partial charge in [0.2, 0.25) is 11.5 Å². The maximum absolute atomic E-state index is 14.2. The molecule has 11 heteroatoms. The first kappa shape index (κ1) is 26.2. The van der Waals surface area contributed by atoms with Crippen LogP contribution in [0.15, 0.2) is 42.5 Å². The molecule has 1 unspecified atom stereocenters. The number of amides is 3. The monoisotopic (exact) mass is 535 g/mol.